The first-order valence-corrected chi connectivity index (χ1v) is 12.4. The van der Waals surface area contributed by atoms with Crippen LogP contribution in [0.5, 0.6) is 0 Å². The van der Waals surface area contributed by atoms with Gasteiger partial charge in [0.15, 0.2) is 4.90 Å². The highest BCUT2D eigenvalue weighted by Crippen LogP contribution is 2.30. The SMILES string of the molecule is CC(F)(F)c1cc(Cl)cc(COC(=O)N2CCN(CC[S+]([O-])c3ccc4nn[nH]c4c3)CC2)c1. The third-order valence-corrected chi connectivity index (χ3v) is 7.16. The Hall–Kier alpha value is -2.47. The number of carbonyl (C=O) groups is 1. The Balaban J connectivity index is 1.22. The molecule has 8 nitrogen and oxygen atoms in total. The minimum absolute atomic E-state index is 0.141. The lowest BCUT2D eigenvalue weighted by atomic mass is 10.1. The van der Waals surface area contributed by atoms with Gasteiger partial charge in [-0.3, -0.25) is 10.00 Å². The summed E-state index contributed by atoms with van der Waals surface area (Å²) in [6.07, 6.45) is -0.505. The molecule has 2 heterocycles. The summed E-state index contributed by atoms with van der Waals surface area (Å²) in [5.41, 5.74) is 1.65. The van der Waals surface area contributed by atoms with Gasteiger partial charge in [0.25, 0.3) is 5.92 Å². The number of piperazine rings is 1. The molecule has 0 bridgehead atoms. The Labute approximate surface area is 203 Å². The predicted molar refractivity (Wildman–Crippen MR) is 124 cm³/mol. The molecule has 0 radical (unpaired) electrons. The van der Waals surface area contributed by atoms with Crippen LogP contribution in [-0.2, 0) is 28.4 Å². The molecule has 1 amide bonds. The predicted octanol–water partition coefficient (Wildman–Crippen LogP) is 3.79. The van der Waals surface area contributed by atoms with Gasteiger partial charge in [0.2, 0.25) is 0 Å². The van der Waals surface area contributed by atoms with Crippen molar-refractivity contribution < 1.29 is 22.9 Å². The number of aromatic amines is 1. The van der Waals surface area contributed by atoms with Crippen molar-refractivity contribution >= 4 is 39.9 Å². The molecule has 182 valence electrons. The Morgan fingerprint density at radius 2 is 2.00 bits per heavy atom. The Morgan fingerprint density at radius 3 is 2.74 bits per heavy atom. The van der Waals surface area contributed by atoms with Gasteiger partial charge in [-0.25, -0.2) is 13.6 Å². The quantitative estimate of drug-likeness (QED) is 0.485. The lowest BCUT2D eigenvalue weighted by molar-refractivity contribution is 0.0173. The average molecular weight is 512 g/mol. The van der Waals surface area contributed by atoms with E-state index in [0.717, 1.165) is 18.0 Å². The van der Waals surface area contributed by atoms with E-state index in [4.69, 9.17) is 16.3 Å². The van der Waals surface area contributed by atoms with E-state index < -0.39 is 23.2 Å². The molecule has 1 aliphatic rings. The highest BCUT2D eigenvalue weighted by atomic mass is 35.5. The molecule has 4 rings (SSSR count). The molecule has 0 aliphatic carbocycles. The number of hydrogen-bond donors (Lipinski definition) is 1. The molecule has 1 aliphatic heterocycles. The van der Waals surface area contributed by atoms with E-state index in [0.29, 0.717) is 48.9 Å². The number of halogens is 3. The van der Waals surface area contributed by atoms with E-state index in [9.17, 15) is 18.1 Å². The van der Waals surface area contributed by atoms with Crippen LogP contribution in [0.4, 0.5) is 13.6 Å². The van der Waals surface area contributed by atoms with Gasteiger partial charge in [-0.05, 0) is 47.1 Å². The molecule has 0 spiro atoms. The third kappa shape index (κ3) is 6.15. The van der Waals surface area contributed by atoms with Crippen LogP contribution in [0.1, 0.15) is 18.1 Å². The summed E-state index contributed by atoms with van der Waals surface area (Å²) >= 11 is 4.76. The fourth-order valence-electron chi connectivity index (χ4n) is 3.67. The smallest absolute Gasteiger partial charge is 0.410 e. The van der Waals surface area contributed by atoms with Gasteiger partial charge in [-0.15, -0.1) is 5.10 Å². The highest BCUT2D eigenvalue weighted by molar-refractivity contribution is 7.91. The molecule has 3 aromatic rings. The van der Waals surface area contributed by atoms with Crippen LogP contribution in [0, 0.1) is 0 Å². The highest BCUT2D eigenvalue weighted by Gasteiger charge is 2.26. The summed E-state index contributed by atoms with van der Waals surface area (Å²) in [5.74, 6) is -2.57. The maximum atomic E-state index is 13.6. The lowest BCUT2D eigenvalue weighted by Crippen LogP contribution is -2.49. The van der Waals surface area contributed by atoms with Crippen LogP contribution in [0.3, 0.4) is 0 Å². The normalized spacial score (nSPS) is 16.1. The van der Waals surface area contributed by atoms with Crippen molar-refractivity contribution in [3.63, 3.8) is 0 Å². The zero-order valence-corrected chi connectivity index (χ0v) is 20.0. The molecule has 1 aromatic heterocycles. The Bertz CT molecular complexity index is 1150. The monoisotopic (exact) mass is 511 g/mol. The van der Waals surface area contributed by atoms with E-state index in [2.05, 4.69) is 20.3 Å². The van der Waals surface area contributed by atoms with E-state index in [1.165, 1.54) is 18.2 Å². The maximum Gasteiger partial charge on any atom is 0.410 e. The average Bonchev–Trinajstić information content (AvgIpc) is 3.28. The molecular formula is C22H24ClF2N5O3S. The number of amides is 1. The van der Waals surface area contributed by atoms with Crippen molar-refractivity contribution in [3.8, 4) is 0 Å². The van der Waals surface area contributed by atoms with E-state index in [-0.39, 0.29) is 17.2 Å². The van der Waals surface area contributed by atoms with Crippen molar-refractivity contribution in [2.75, 3.05) is 38.5 Å². The number of rotatable bonds is 7. The minimum atomic E-state index is -3.04. The zero-order valence-electron chi connectivity index (χ0n) is 18.5. The first-order chi connectivity index (χ1) is 16.2. The first-order valence-electron chi connectivity index (χ1n) is 10.7. The second-order valence-corrected chi connectivity index (χ2v) is 10.2. The van der Waals surface area contributed by atoms with Gasteiger partial charge in [0, 0.05) is 56.3 Å². The van der Waals surface area contributed by atoms with Gasteiger partial charge in [-0.2, -0.15) is 0 Å². The molecule has 1 saturated heterocycles. The number of carbonyl (C=O) groups excluding carboxylic acids is 1. The van der Waals surface area contributed by atoms with Crippen molar-refractivity contribution in [2.45, 2.75) is 24.3 Å². The number of benzene rings is 2. The largest absolute Gasteiger partial charge is 0.611 e. The molecule has 1 N–H and O–H groups in total. The lowest BCUT2D eigenvalue weighted by Gasteiger charge is -2.33. The van der Waals surface area contributed by atoms with Gasteiger partial charge in [0.1, 0.15) is 17.9 Å². The molecule has 0 saturated carbocycles. The Kier molecular flexibility index (Phi) is 7.56. The van der Waals surface area contributed by atoms with Crippen LogP contribution in [0.25, 0.3) is 11.0 Å². The fourth-order valence-corrected chi connectivity index (χ4v) is 5.06. The van der Waals surface area contributed by atoms with Crippen LogP contribution in [-0.4, -0.2) is 74.3 Å². The first kappa shape index (κ1) is 24.6. The molecule has 1 unspecified atom stereocenters. The summed E-state index contributed by atoms with van der Waals surface area (Å²) in [6.45, 7) is 3.45. The number of hydrogen-bond acceptors (Lipinski definition) is 6. The second-order valence-electron chi connectivity index (χ2n) is 8.16. The maximum absolute atomic E-state index is 13.6. The third-order valence-electron chi connectivity index (χ3n) is 5.61. The van der Waals surface area contributed by atoms with Crippen LogP contribution >= 0.6 is 11.6 Å². The molecule has 34 heavy (non-hydrogen) atoms. The molecule has 1 atom stereocenters. The number of fused-ring (bicyclic) bond motifs is 1. The van der Waals surface area contributed by atoms with Gasteiger partial charge < -0.3 is 14.2 Å². The van der Waals surface area contributed by atoms with Crippen LogP contribution < -0.4 is 0 Å². The van der Waals surface area contributed by atoms with Gasteiger partial charge in [-0.1, -0.05) is 16.8 Å². The summed E-state index contributed by atoms with van der Waals surface area (Å²) in [4.78, 5) is 16.9. The van der Waals surface area contributed by atoms with Crippen molar-refractivity contribution in [2.24, 2.45) is 0 Å². The van der Waals surface area contributed by atoms with Crippen molar-refractivity contribution in [1.82, 2.24) is 25.2 Å². The minimum Gasteiger partial charge on any atom is -0.611 e. The zero-order chi connectivity index (χ0) is 24.3. The van der Waals surface area contributed by atoms with Crippen LogP contribution in [0.2, 0.25) is 5.02 Å². The standard InChI is InChI=1S/C22H24ClF2N5O3S/c1-22(24,25)16-10-15(11-17(23)12-16)14-33-21(31)30-6-4-29(5-7-30)8-9-34(32)18-2-3-19-20(13-18)27-28-26-19/h2-3,10-13H,4-9,14H2,1H3,(H,26,27,28). The topological polar surface area (TPSA) is 97.4 Å². The molecule has 1 fully saturated rings. The number of H-pyrrole nitrogens is 1. The Morgan fingerprint density at radius 1 is 1.24 bits per heavy atom. The summed E-state index contributed by atoms with van der Waals surface area (Å²) in [5, 5.41) is 10.6. The number of alkyl halides is 2. The molecule has 2 aromatic carbocycles. The van der Waals surface area contributed by atoms with Crippen LogP contribution in [0.15, 0.2) is 41.3 Å². The molecule has 12 heteroatoms. The van der Waals surface area contributed by atoms with E-state index >= 15 is 0 Å². The van der Waals surface area contributed by atoms with E-state index in [1.54, 1.807) is 23.1 Å². The van der Waals surface area contributed by atoms with E-state index in [1.807, 2.05) is 0 Å². The van der Waals surface area contributed by atoms with Gasteiger partial charge >= 0.3 is 6.09 Å². The number of aromatic nitrogens is 3. The van der Waals surface area contributed by atoms with Crippen molar-refractivity contribution in [3.05, 3.63) is 52.5 Å². The number of ether oxygens (including phenoxy) is 1. The fraction of sp³-hybridized carbons (Fsp3) is 0.409. The summed E-state index contributed by atoms with van der Waals surface area (Å²) in [7, 11) is 0. The summed E-state index contributed by atoms with van der Waals surface area (Å²) in [6, 6.07) is 9.37. The molecular weight excluding hydrogens is 488 g/mol. The number of nitrogens with zero attached hydrogens (tertiary/aromatic N) is 4. The van der Waals surface area contributed by atoms with Gasteiger partial charge in [0.05, 0.1) is 5.52 Å². The number of nitrogens with one attached hydrogen (secondary N) is 1. The summed E-state index contributed by atoms with van der Waals surface area (Å²) < 4.78 is 45.1. The van der Waals surface area contributed by atoms with Crippen molar-refractivity contribution in [1.29, 1.82) is 0 Å². The second kappa shape index (κ2) is 10.4.